The summed E-state index contributed by atoms with van der Waals surface area (Å²) in [6.07, 6.45) is 3.44. The molecule has 2 heterocycles. The number of piperidine rings is 1. The Balaban J connectivity index is 1.67. The molecular formula is C19H21FN2O3. The largest absolute Gasteiger partial charge is 0.341 e. The zero-order valence-corrected chi connectivity index (χ0v) is 14.2. The predicted octanol–water partition coefficient (Wildman–Crippen LogP) is 2.23. The number of hydrogen-bond donors (Lipinski definition) is 0. The van der Waals surface area contributed by atoms with Crippen molar-refractivity contribution in [2.75, 3.05) is 19.6 Å². The van der Waals surface area contributed by atoms with Gasteiger partial charge in [-0.25, -0.2) is 4.39 Å². The summed E-state index contributed by atoms with van der Waals surface area (Å²) in [6.45, 7) is 3.30. The van der Waals surface area contributed by atoms with E-state index in [0.717, 1.165) is 17.7 Å². The molecule has 6 heteroatoms. The zero-order chi connectivity index (χ0) is 18.0. The number of carbonyl (C=O) groups excluding carboxylic acids is 3. The van der Waals surface area contributed by atoms with Gasteiger partial charge in [0.05, 0.1) is 6.42 Å². The maximum atomic E-state index is 13.0. The SMILES string of the molecule is CC1CCN(C(=O)CN2C(=O)CC(=Cc3ccc(F)cc3)C2=O)CC1. The molecule has 2 fully saturated rings. The summed E-state index contributed by atoms with van der Waals surface area (Å²) in [7, 11) is 0. The van der Waals surface area contributed by atoms with Crippen molar-refractivity contribution >= 4 is 23.8 Å². The summed E-state index contributed by atoms with van der Waals surface area (Å²) in [5, 5.41) is 0. The van der Waals surface area contributed by atoms with Crippen LogP contribution in [0.5, 0.6) is 0 Å². The monoisotopic (exact) mass is 344 g/mol. The van der Waals surface area contributed by atoms with Crippen molar-refractivity contribution in [3.8, 4) is 0 Å². The van der Waals surface area contributed by atoms with E-state index in [1.165, 1.54) is 12.1 Å². The van der Waals surface area contributed by atoms with Gasteiger partial charge in [0.25, 0.3) is 5.91 Å². The van der Waals surface area contributed by atoms with Crippen molar-refractivity contribution in [1.82, 2.24) is 9.80 Å². The fourth-order valence-corrected chi connectivity index (χ4v) is 3.15. The van der Waals surface area contributed by atoms with E-state index in [1.807, 2.05) is 0 Å². The van der Waals surface area contributed by atoms with Crippen LogP contribution in [0.25, 0.3) is 6.08 Å². The molecule has 25 heavy (non-hydrogen) atoms. The molecule has 1 aromatic rings. The average molecular weight is 344 g/mol. The van der Waals surface area contributed by atoms with E-state index in [1.54, 1.807) is 23.1 Å². The minimum Gasteiger partial charge on any atom is -0.341 e. The third-order valence-corrected chi connectivity index (χ3v) is 4.80. The van der Waals surface area contributed by atoms with E-state index in [0.29, 0.717) is 30.1 Å². The van der Waals surface area contributed by atoms with E-state index in [4.69, 9.17) is 0 Å². The van der Waals surface area contributed by atoms with Gasteiger partial charge in [0, 0.05) is 18.7 Å². The quantitative estimate of drug-likeness (QED) is 0.624. The molecule has 0 aliphatic carbocycles. The highest BCUT2D eigenvalue weighted by Crippen LogP contribution is 2.22. The van der Waals surface area contributed by atoms with Gasteiger partial charge >= 0.3 is 0 Å². The predicted molar refractivity (Wildman–Crippen MR) is 90.7 cm³/mol. The molecular weight excluding hydrogens is 323 g/mol. The summed E-state index contributed by atoms with van der Waals surface area (Å²) >= 11 is 0. The molecule has 1 aromatic carbocycles. The first kappa shape index (κ1) is 17.3. The number of hydrogen-bond acceptors (Lipinski definition) is 3. The van der Waals surface area contributed by atoms with Crippen molar-refractivity contribution in [3.63, 3.8) is 0 Å². The summed E-state index contributed by atoms with van der Waals surface area (Å²) in [5.74, 6) is -0.745. The number of rotatable bonds is 3. The molecule has 0 spiro atoms. The average Bonchev–Trinajstić information content (AvgIpc) is 2.85. The summed E-state index contributed by atoms with van der Waals surface area (Å²) in [5.41, 5.74) is 0.979. The highest BCUT2D eigenvalue weighted by Gasteiger charge is 2.36. The number of imide groups is 1. The third-order valence-electron chi connectivity index (χ3n) is 4.80. The van der Waals surface area contributed by atoms with Crippen LogP contribution in [0.3, 0.4) is 0 Å². The van der Waals surface area contributed by atoms with Crippen molar-refractivity contribution < 1.29 is 18.8 Å². The van der Waals surface area contributed by atoms with Gasteiger partial charge in [0.1, 0.15) is 12.4 Å². The van der Waals surface area contributed by atoms with Crippen LogP contribution in [0.15, 0.2) is 29.8 Å². The van der Waals surface area contributed by atoms with Gasteiger partial charge in [-0.1, -0.05) is 19.1 Å². The second-order valence-electron chi connectivity index (χ2n) is 6.75. The van der Waals surface area contributed by atoms with Crippen LogP contribution < -0.4 is 0 Å². The van der Waals surface area contributed by atoms with Gasteiger partial charge in [-0.05, 0) is 42.5 Å². The Bertz CT molecular complexity index is 719. The molecule has 5 nitrogen and oxygen atoms in total. The first-order valence-corrected chi connectivity index (χ1v) is 8.52. The summed E-state index contributed by atoms with van der Waals surface area (Å²) < 4.78 is 13.0. The van der Waals surface area contributed by atoms with E-state index in [9.17, 15) is 18.8 Å². The molecule has 0 bridgehead atoms. The Kier molecular flexibility index (Phi) is 4.97. The van der Waals surface area contributed by atoms with E-state index < -0.39 is 5.91 Å². The van der Waals surface area contributed by atoms with Crippen molar-refractivity contribution in [1.29, 1.82) is 0 Å². The molecule has 2 aliphatic heterocycles. The standard InChI is InChI=1S/C19H21FN2O3/c1-13-6-8-21(9-7-13)18(24)12-22-17(23)11-15(19(22)25)10-14-2-4-16(20)5-3-14/h2-5,10,13H,6-9,11-12H2,1H3. The number of benzene rings is 1. The van der Waals surface area contributed by atoms with Crippen LogP contribution in [0.4, 0.5) is 4.39 Å². The van der Waals surface area contributed by atoms with Gasteiger partial charge in [0.15, 0.2) is 0 Å². The molecule has 0 radical (unpaired) electrons. The minimum atomic E-state index is -0.437. The number of nitrogens with zero attached hydrogens (tertiary/aromatic N) is 2. The highest BCUT2D eigenvalue weighted by molar-refractivity contribution is 6.16. The van der Waals surface area contributed by atoms with Crippen LogP contribution in [-0.2, 0) is 14.4 Å². The van der Waals surface area contributed by atoms with Gasteiger partial charge in [0.2, 0.25) is 11.8 Å². The lowest BCUT2D eigenvalue weighted by Crippen LogP contribution is -2.45. The van der Waals surface area contributed by atoms with Gasteiger partial charge in [-0.15, -0.1) is 0 Å². The first-order valence-electron chi connectivity index (χ1n) is 8.52. The van der Waals surface area contributed by atoms with E-state index in [2.05, 4.69) is 6.92 Å². The summed E-state index contributed by atoms with van der Waals surface area (Å²) in [4.78, 5) is 39.7. The fourth-order valence-electron chi connectivity index (χ4n) is 3.15. The molecule has 3 amide bonds. The van der Waals surface area contributed by atoms with Gasteiger partial charge in [-0.3, -0.25) is 19.3 Å². The molecule has 2 saturated heterocycles. The van der Waals surface area contributed by atoms with Crippen LogP contribution in [0.1, 0.15) is 31.7 Å². The number of amides is 3. The Hall–Kier alpha value is -2.50. The smallest absolute Gasteiger partial charge is 0.257 e. The number of halogens is 1. The minimum absolute atomic E-state index is 0.0273. The molecule has 2 aliphatic rings. The molecule has 132 valence electrons. The summed E-state index contributed by atoms with van der Waals surface area (Å²) in [6, 6.07) is 5.68. The number of carbonyl (C=O) groups is 3. The van der Waals surface area contributed by atoms with Crippen molar-refractivity contribution in [3.05, 3.63) is 41.2 Å². The van der Waals surface area contributed by atoms with E-state index in [-0.39, 0.29) is 30.6 Å². The first-order chi connectivity index (χ1) is 11.9. The van der Waals surface area contributed by atoms with E-state index >= 15 is 0 Å². The van der Waals surface area contributed by atoms with Crippen LogP contribution in [0, 0.1) is 11.7 Å². The normalized spacial score (nSPS) is 20.6. The third kappa shape index (κ3) is 3.95. The molecule has 0 atom stereocenters. The molecule has 0 saturated carbocycles. The lowest BCUT2D eigenvalue weighted by atomic mass is 9.99. The van der Waals surface area contributed by atoms with Crippen molar-refractivity contribution in [2.24, 2.45) is 5.92 Å². The van der Waals surface area contributed by atoms with Gasteiger partial charge in [-0.2, -0.15) is 0 Å². The van der Waals surface area contributed by atoms with Crippen LogP contribution >= 0.6 is 0 Å². The zero-order valence-electron chi connectivity index (χ0n) is 14.2. The molecule has 0 unspecified atom stereocenters. The molecule has 3 rings (SSSR count). The maximum Gasteiger partial charge on any atom is 0.257 e. The Morgan fingerprint density at radius 3 is 2.48 bits per heavy atom. The number of likely N-dealkylation sites (tertiary alicyclic amines) is 2. The van der Waals surface area contributed by atoms with Crippen LogP contribution in [-0.4, -0.2) is 47.2 Å². The molecule has 0 aromatic heterocycles. The lowest BCUT2D eigenvalue weighted by molar-refractivity contribution is -0.145. The highest BCUT2D eigenvalue weighted by atomic mass is 19.1. The maximum absolute atomic E-state index is 13.0. The fraction of sp³-hybridized carbons (Fsp3) is 0.421. The molecule has 0 N–H and O–H groups in total. The van der Waals surface area contributed by atoms with Crippen LogP contribution in [0.2, 0.25) is 0 Å². The second kappa shape index (κ2) is 7.17. The topological polar surface area (TPSA) is 57.7 Å². The Morgan fingerprint density at radius 1 is 1.20 bits per heavy atom. The van der Waals surface area contributed by atoms with Gasteiger partial charge < -0.3 is 4.90 Å². The second-order valence-corrected chi connectivity index (χ2v) is 6.75. The van der Waals surface area contributed by atoms with Crippen molar-refractivity contribution in [2.45, 2.75) is 26.2 Å². The Morgan fingerprint density at radius 2 is 1.84 bits per heavy atom. The lowest BCUT2D eigenvalue weighted by Gasteiger charge is -2.31. The Labute approximate surface area is 146 Å².